The van der Waals surface area contributed by atoms with Gasteiger partial charge < -0.3 is 5.11 Å². The molecule has 0 atom stereocenters. The summed E-state index contributed by atoms with van der Waals surface area (Å²) in [5.41, 5.74) is 2.51. The van der Waals surface area contributed by atoms with E-state index in [-0.39, 0.29) is 0 Å². The highest BCUT2D eigenvalue weighted by molar-refractivity contribution is 5.58. The molecule has 3 rings (SSSR count). The Kier molecular flexibility index (Phi) is 1.84. The summed E-state index contributed by atoms with van der Waals surface area (Å²) in [6.07, 6.45) is 8.80. The van der Waals surface area contributed by atoms with Gasteiger partial charge in [0.1, 0.15) is 5.75 Å². The number of aromatic nitrogens is 1. The van der Waals surface area contributed by atoms with Crippen molar-refractivity contribution in [2.75, 3.05) is 6.54 Å². The third kappa shape index (κ3) is 1.27. The highest BCUT2D eigenvalue weighted by atomic mass is 16.3. The van der Waals surface area contributed by atoms with E-state index in [4.69, 9.17) is 0 Å². The summed E-state index contributed by atoms with van der Waals surface area (Å²) in [5.74, 6) is 0.391. The van der Waals surface area contributed by atoms with Gasteiger partial charge in [0.15, 0.2) is 5.49 Å². The molecule has 0 amide bonds. The minimum Gasteiger partial charge on any atom is -0.507 e. The summed E-state index contributed by atoms with van der Waals surface area (Å²) in [6.45, 7) is 0.825. The first-order valence-corrected chi connectivity index (χ1v) is 5.29. The largest absolute Gasteiger partial charge is 0.507 e. The lowest BCUT2D eigenvalue weighted by molar-refractivity contribution is 0.457. The summed E-state index contributed by atoms with van der Waals surface area (Å²) in [5, 5.41) is 11.0. The molecular weight excluding hydrogens is 188 g/mol. The van der Waals surface area contributed by atoms with Crippen LogP contribution in [0.15, 0.2) is 11.1 Å². The van der Waals surface area contributed by atoms with Gasteiger partial charge in [-0.25, -0.2) is 4.98 Å². The number of hydrogen-bond acceptors (Lipinski definition) is 3. The average molecular weight is 200 g/mol. The standard InChI is InChI=1S/C12H12N2O/c15-11-8-4-1-2-6-10(8)14-12-9(11)5-3-7-13-12/h2,4,6,15H,1,3,5,7H2. The molecule has 0 unspecified atom stereocenters. The molecule has 1 aromatic heterocycles. The SMILES string of the molecule is Oc1c2c(nc3c1=CCC=C3)=NCCC2. The summed E-state index contributed by atoms with van der Waals surface area (Å²) < 4.78 is 0. The van der Waals surface area contributed by atoms with Crippen molar-refractivity contribution >= 4 is 12.2 Å². The van der Waals surface area contributed by atoms with Gasteiger partial charge in [-0.2, -0.15) is 0 Å². The smallest absolute Gasteiger partial charge is 0.154 e. The lowest BCUT2D eigenvalue weighted by atomic mass is 10.0. The Labute approximate surface area is 87.5 Å². The predicted molar refractivity (Wildman–Crippen MR) is 58.0 cm³/mol. The normalized spacial score (nSPS) is 17.3. The van der Waals surface area contributed by atoms with Crippen LogP contribution in [-0.2, 0) is 6.42 Å². The Hall–Kier alpha value is -1.64. The van der Waals surface area contributed by atoms with Gasteiger partial charge in [-0.15, -0.1) is 0 Å². The van der Waals surface area contributed by atoms with E-state index in [0.717, 1.165) is 47.8 Å². The zero-order chi connectivity index (χ0) is 10.3. The molecule has 1 N–H and O–H groups in total. The molecule has 0 saturated heterocycles. The molecule has 0 saturated carbocycles. The Balaban J connectivity index is 2.41. The van der Waals surface area contributed by atoms with Crippen LogP contribution >= 0.6 is 0 Å². The zero-order valence-corrected chi connectivity index (χ0v) is 8.40. The molecule has 3 nitrogen and oxygen atoms in total. The number of allylic oxidation sites excluding steroid dienone is 1. The van der Waals surface area contributed by atoms with Crippen LogP contribution < -0.4 is 10.7 Å². The van der Waals surface area contributed by atoms with Gasteiger partial charge in [-0.1, -0.05) is 12.2 Å². The summed E-state index contributed by atoms with van der Waals surface area (Å²) in [6, 6.07) is 0. The topological polar surface area (TPSA) is 45.5 Å². The Morgan fingerprint density at radius 1 is 1.33 bits per heavy atom. The summed E-state index contributed by atoms with van der Waals surface area (Å²) in [4.78, 5) is 8.81. The summed E-state index contributed by atoms with van der Waals surface area (Å²) in [7, 11) is 0. The number of pyridine rings is 1. The van der Waals surface area contributed by atoms with Crippen molar-refractivity contribution in [3.63, 3.8) is 0 Å². The first-order chi connectivity index (χ1) is 7.36. The lowest BCUT2D eigenvalue weighted by Crippen LogP contribution is -2.27. The highest BCUT2D eigenvalue weighted by Crippen LogP contribution is 2.14. The molecule has 0 bridgehead atoms. The number of hydrogen-bond donors (Lipinski definition) is 1. The fourth-order valence-electron chi connectivity index (χ4n) is 2.13. The highest BCUT2D eigenvalue weighted by Gasteiger charge is 2.14. The van der Waals surface area contributed by atoms with Crippen molar-refractivity contribution in [2.24, 2.45) is 4.99 Å². The van der Waals surface area contributed by atoms with Crippen LogP contribution in [0, 0.1) is 0 Å². The molecule has 3 heteroatoms. The van der Waals surface area contributed by atoms with Crippen molar-refractivity contribution in [2.45, 2.75) is 19.3 Å². The quantitative estimate of drug-likeness (QED) is 0.664. The minimum absolute atomic E-state index is 0.391. The first kappa shape index (κ1) is 8.65. The van der Waals surface area contributed by atoms with E-state index in [9.17, 15) is 5.11 Å². The predicted octanol–water partition coefficient (Wildman–Crippen LogP) is 0.550. The van der Waals surface area contributed by atoms with E-state index in [1.54, 1.807) is 0 Å². The van der Waals surface area contributed by atoms with Crippen LogP contribution in [0.1, 0.15) is 24.1 Å². The van der Waals surface area contributed by atoms with E-state index in [1.165, 1.54) is 0 Å². The van der Waals surface area contributed by atoms with Gasteiger partial charge in [0, 0.05) is 17.3 Å². The van der Waals surface area contributed by atoms with Gasteiger partial charge >= 0.3 is 0 Å². The minimum atomic E-state index is 0.391. The molecule has 76 valence electrons. The maximum Gasteiger partial charge on any atom is 0.154 e. The van der Waals surface area contributed by atoms with Crippen molar-refractivity contribution in [1.29, 1.82) is 0 Å². The molecule has 0 aromatic carbocycles. The van der Waals surface area contributed by atoms with Crippen molar-refractivity contribution < 1.29 is 5.11 Å². The molecule has 0 radical (unpaired) electrons. The maximum atomic E-state index is 10.1. The van der Waals surface area contributed by atoms with E-state index in [2.05, 4.69) is 9.98 Å². The molecule has 0 spiro atoms. The number of nitrogens with zero attached hydrogens (tertiary/aromatic N) is 2. The molecular formula is C12H12N2O. The van der Waals surface area contributed by atoms with Crippen LogP contribution in [-0.4, -0.2) is 16.6 Å². The Bertz CT molecular complexity index is 558. The van der Waals surface area contributed by atoms with E-state index in [0.29, 0.717) is 5.75 Å². The second kappa shape index (κ2) is 3.19. The number of aromatic hydroxyl groups is 1. The van der Waals surface area contributed by atoms with Crippen LogP contribution in [0.2, 0.25) is 0 Å². The molecule has 2 aliphatic rings. The fraction of sp³-hybridized carbons (Fsp3) is 0.333. The zero-order valence-electron chi connectivity index (χ0n) is 8.40. The average Bonchev–Trinajstić information content (AvgIpc) is 2.30. The second-order valence-electron chi connectivity index (χ2n) is 3.89. The molecule has 15 heavy (non-hydrogen) atoms. The monoisotopic (exact) mass is 200 g/mol. The molecule has 1 aliphatic heterocycles. The van der Waals surface area contributed by atoms with Gasteiger partial charge in [-0.05, 0) is 25.3 Å². The number of rotatable bonds is 0. The third-order valence-corrected chi connectivity index (χ3v) is 2.89. The second-order valence-corrected chi connectivity index (χ2v) is 3.89. The van der Waals surface area contributed by atoms with Crippen LogP contribution in [0.5, 0.6) is 5.75 Å². The van der Waals surface area contributed by atoms with Gasteiger partial charge in [0.2, 0.25) is 0 Å². The number of fused-ring (bicyclic) bond motifs is 2. The van der Waals surface area contributed by atoms with Gasteiger partial charge in [0.25, 0.3) is 0 Å². The molecule has 1 aromatic rings. The lowest BCUT2D eigenvalue weighted by Gasteiger charge is -2.12. The Morgan fingerprint density at radius 2 is 2.27 bits per heavy atom. The van der Waals surface area contributed by atoms with Crippen LogP contribution in [0.3, 0.4) is 0 Å². The fourth-order valence-corrected chi connectivity index (χ4v) is 2.13. The van der Waals surface area contributed by atoms with Crippen molar-refractivity contribution in [3.05, 3.63) is 28.0 Å². The van der Waals surface area contributed by atoms with E-state index in [1.807, 2.05) is 18.2 Å². The van der Waals surface area contributed by atoms with Crippen LogP contribution in [0.4, 0.5) is 0 Å². The van der Waals surface area contributed by atoms with Crippen LogP contribution in [0.25, 0.3) is 12.2 Å². The molecule has 2 heterocycles. The Morgan fingerprint density at radius 3 is 3.20 bits per heavy atom. The van der Waals surface area contributed by atoms with Crippen molar-refractivity contribution in [3.8, 4) is 5.75 Å². The van der Waals surface area contributed by atoms with Gasteiger partial charge in [-0.3, -0.25) is 4.99 Å². The van der Waals surface area contributed by atoms with Crippen molar-refractivity contribution in [1.82, 2.24) is 4.98 Å². The maximum absolute atomic E-state index is 10.1. The van der Waals surface area contributed by atoms with E-state index < -0.39 is 0 Å². The third-order valence-electron chi connectivity index (χ3n) is 2.89. The molecule has 0 fully saturated rings. The first-order valence-electron chi connectivity index (χ1n) is 5.29. The van der Waals surface area contributed by atoms with E-state index >= 15 is 0 Å². The summed E-state index contributed by atoms with van der Waals surface area (Å²) >= 11 is 0. The van der Waals surface area contributed by atoms with Gasteiger partial charge in [0.05, 0.1) is 5.69 Å². The molecule has 1 aliphatic carbocycles.